The number of rotatable bonds is 8. The number of nitrogens with zero attached hydrogens (tertiary/aromatic N) is 3. The van der Waals surface area contributed by atoms with Crippen molar-refractivity contribution < 1.29 is 45.8 Å². The Bertz CT molecular complexity index is 2050. The summed E-state index contributed by atoms with van der Waals surface area (Å²) in [6, 6.07) is 19.6. The number of ether oxygens (including phenoxy) is 1. The van der Waals surface area contributed by atoms with E-state index in [4.69, 9.17) is 14.0 Å². The Morgan fingerprint density at radius 1 is 0.907 bits per heavy atom. The van der Waals surface area contributed by atoms with E-state index in [0.717, 1.165) is 5.56 Å². The number of fused-ring (bicyclic) bond motifs is 2. The van der Waals surface area contributed by atoms with Gasteiger partial charge in [0.05, 0.1) is 28.8 Å². The molecule has 13 heteroatoms. The summed E-state index contributed by atoms with van der Waals surface area (Å²) in [4.78, 5) is 61.7. The molecular formula is C30H19CuN4O8+. The van der Waals surface area contributed by atoms with Gasteiger partial charge < -0.3 is 19.1 Å². The summed E-state index contributed by atoms with van der Waals surface area (Å²) in [6.07, 6.45) is 1.29. The minimum Gasteiger partial charge on any atom is -0.862 e. The topological polar surface area (TPSA) is 163 Å². The zero-order valence-corrected chi connectivity index (χ0v) is 23.1. The zero-order chi connectivity index (χ0) is 29.4. The van der Waals surface area contributed by atoms with Crippen molar-refractivity contribution in [2.75, 3.05) is 5.43 Å². The van der Waals surface area contributed by atoms with E-state index in [1.807, 2.05) is 30.3 Å². The third-order valence-corrected chi connectivity index (χ3v) is 6.38. The van der Waals surface area contributed by atoms with Gasteiger partial charge in [-0.2, -0.15) is 5.10 Å². The van der Waals surface area contributed by atoms with Gasteiger partial charge in [-0.05, 0) is 54.8 Å². The predicted molar refractivity (Wildman–Crippen MR) is 148 cm³/mol. The van der Waals surface area contributed by atoms with Crippen LogP contribution < -0.4 is 36.3 Å². The van der Waals surface area contributed by atoms with Crippen molar-refractivity contribution in [3.63, 3.8) is 0 Å². The fourth-order valence-corrected chi connectivity index (χ4v) is 4.49. The summed E-state index contributed by atoms with van der Waals surface area (Å²) in [5, 5.41) is 16.0. The second-order valence-electron chi connectivity index (χ2n) is 9.15. The molecule has 0 saturated carbocycles. The molecule has 1 aliphatic rings. The molecule has 6 rings (SSSR count). The van der Waals surface area contributed by atoms with Gasteiger partial charge in [-0.15, -0.1) is 0 Å². The van der Waals surface area contributed by atoms with Crippen LogP contribution in [0.15, 0.2) is 103 Å². The summed E-state index contributed by atoms with van der Waals surface area (Å²) < 4.78 is 10.8. The maximum atomic E-state index is 13.3. The number of amides is 2. The molecular weight excluding hydrogens is 608 g/mol. The van der Waals surface area contributed by atoms with E-state index < -0.39 is 33.9 Å². The van der Waals surface area contributed by atoms with Crippen LogP contribution in [0.2, 0.25) is 0 Å². The molecule has 0 aliphatic carbocycles. The van der Waals surface area contributed by atoms with Crippen LogP contribution in [0.5, 0.6) is 11.7 Å². The number of hydrogen-bond donors (Lipinski definition) is 1. The van der Waals surface area contributed by atoms with Crippen LogP contribution in [0, 0.1) is 0 Å². The molecule has 43 heavy (non-hydrogen) atoms. The predicted octanol–water partition coefficient (Wildman–Crippen LogP) is 2.53. The van der Waals surface area contributed by atoms with Crippen molar-refractivity contribution in [2.45, 2.75) is 13.5 Å². The molecule has 1 radical (unpaired) electrons. The molecule has 0 atom stereocenters. The van der Waals surface area contributed by atoms with Crippen LogP contribution in [-0.2, 0) is 23.7 Å². The molecule has 0 saturated heterocycles. The maximum Gasteiger partial charge on any atom is 2.00 e. The second-order valence-corrected chi connectivity index (χ2v) is 9.15. The average Bonchev–Trinajstić information content (AvgIpc) is 3.66. The number of anilines is 1. The van der Waals surface area contributed by atoms with Crippen LogP contribution in [0.3, 0.4) is 0 Å². The van der Waals surface area contributed by atoms with Crippen LogP contribution in [0.25, 0.3) is 10.8 Å². The number of nitrogens with one attached hydrogen (secondary N) is 1. The summed E-state index contributed by atoms with van der Waals surface area (Å²) in [6.45, 7) is 1.46. The van der Waals surface area contributed by atoms with E-state index in [0.29, 0.717) is 10.8 Å². The van der Waals surface area contributed by atoms with Crippen LogP contribution in [-0.4, -0.2) is 22.8 Å². The first-order valence-corrected chi connectivity index (χ1v) is 12.5. The molecule has 2 amide bonds. The summed E-state index contributed by atoms with van der Waals surface area (Å²) >= 11 is 0. The first kappa shape index (κ1) is 29.0. The van der Waals surface area contributed by atoms with Gasteiger partial charge in [0.2, 0.25) is 10.9 Å². The molecule has 217 valence electrons. The Balaban J connectivity index is 0.00000368. The minimum atomic E-state index is -0.901. The smallest absolute Gasteiger partial charge is 0.862 e. The SMILES string of the molecule is CC([O-])=Nc1ccc(NN=c2c(=O)c3ccc(OCc4ccccc4)cc3c2=O)c2c1C(=O)N(Oc1ccco1)C2=O.[Cu+2]. The number of hydroxylamine groups is 2. The number of carbonyl (C=O) groups is 2. The number of carbonyl (C=O) groups excluding carboxylic acids is 2. The van der Waals surface area contributed by atoms with Gasteiger partial charge in [-0.1, -0.05) is 35.4 Å². The average molecular weight is 627 g/mol. The minimum absolute atomic E-state index is 0. The number of benzene rings is 3. The van der Waals surface area contributed by atoms with Gasteiger partial charge in [0.15, 0.2) is 5.36 Å². The van der Waals surface area contributed by atoms with Gasteiger partial charge in [0.1, 0.15) is 12.4 Å². The second kappa shape index (κ2) is 11.8. The van der Waals surface area contributed by atoms with Gasteiger partial charge in [-0.25, -0.2) is 0 Å². The van der Waals surface area contributed by atoms with Crippen molar-refractivity contribution in [1.29, 1.82) is 0 Å². The first-order chi connectivity index (χ1) is 20.3. The molecule has 0 bridgehead atoms. The van der Waals surface area contributed by atoms with E-state index in [2.05, 4.69) is 15.5 Å². The molecule has 2 heterocycles. The largest absolute Gasteiger partial charge is 2.00 e. The molecule has 0 unspecified atom stereocenters. The summed E-state index contributed by atoms with van der Waals surface area (Å²) in [5.41, 5.74) is 1.71. The molecule has 1 N–H and O–H groups in total. The fraction of sp³-hybridized carbons (Fsp3) is 0.0667. The number of hydrogen-bond acceptors (Lipinski definition) is 11. The van der Waals surface area contributed by atoms with Crippen molar-refractivity contribution in [1.82, 2.24) is 5.06 Å². The Morgan fingerprint density at radius 2 is 1.65 bits per heavy atom. The van der Waals surface area contributed by atoms with Gasteiger partial charge >= 0.3 is 23.0 Å². The number of aliphatic imine (C=N–C) groups is 1. The van der Waals surface area contributed by atoms with Crippen LogP contribution in [0.1, 0.15) is 33.2 Å². The first-order valence-electron chi connectivity index (χ1n) is 12.5. The summed E-state index contributed by atoms with van der Waals surface area (Å²) in [5.74, 6) is -2.13. The zero-order valence-electron chi connectivity index (χ0n) is 22.1. The Morgan fingerprint density at radius 3 is 2.37 bits per heavy atom. The molecule has 5 aromatic rings. The third-order valence-electron chi connectivity index (χ3n) is 6.38. The molecule has 1 aromatic heterocycles. The van der Waals surface area contributed by atoms with Gasteiger partial charge in [0, 0.05) is 16.8 Å². The van der Waals surface area contributed by atoms with Crippen molar-refractivity contribution in [3.8, 4) is 11.7 Å². The van der Waals surface area contributed by atoms with Crippen molar-refractivity contribution in [2.24, 2.45) is 10.1 Å². The maximum absolute atomic E-state index is 13.3. The van der Waals surface area contributed by atoms with Crippen LogP contribution >= 0.6 is 0 Å². The Hall–Kier alpha value is -5.52. The van der Waals surface area contributed by atoms with Crippen molar-refractivity contribution >= 4 is 39.9 Å². The Labute approximate surface area is 252 Å². The van der Waals surface area contributed by atoms with E-state index >= 15 is 0 Å². The van der Waals surface area contributed by atoms with Gasteiger partial charge in [0.25, 0.3) is 11.8 Å². The third kappa shape index (κ3) is 5.42. The van der Waals surface area contributed by atoms with Gasteiger partial charge in [-0.3, -0.25) is 29.6 Å². The van der Waals surface area contributed by atoms with E-state index in [1.54, 1.807) is 6.07 Å². The number of imide groups is 1. The standard InChI is InChI=1S/C30H20N4O8.Cu/c1-16(35)31-21-11-12-22(25-24(21)29(38)34(30(25)39)42-23-8-5-13-40-23)32-33-26-27(36)19-10-9-18(14-20(19)28(26)37)41-15-17-6-3-2-4-7-17;/h2-14,32H,15H2,1H3,(H,31,35);/q;+2/p-1. The van der Waals surface area contributed by atoms with E-state index in [9.17, 15) is 24.3 Å². The molecule has 0 spiro atoms. The fourth-order valence-electron chi connectivity index (χ4n) is 4.49. The monoisotopic (exact) mass is 626 g/mol. The van der Waals surface area contributed by atoms with E-state index in [-0.39, 0.29) is 62.9 Å². The molecule has 4 aromatic carbocycles. The van der Waals surface area contributed by atoms with Crippen LogP contribution in [0.4, 0.5) is 11.4 Å². The molecule has 1 aliphatic heterocycles. The van der Waals surface area contributed by atoms with Crippen molar-refractivity contribution in [3.05, 3.63) is 122 Å². The Kier molecular flexibility index (Phi) is 7.93. The quantitative estimate of drug-likeness (QED) is 0.0896. The summed E-state index contributed by atoms with van der Waals surface area (Å²) in [7, 11) is 0. The molecule has 12 nitrogen and oxygen atoms in total. The molecule has 0 fully saturated rings. The van der Waals surface area contributed by atoms with E-state index in [1.165, 1.54) is 49.6 Å². The number of furan rings is 1. The normalized spacial score (nSPS) is 13.3.